The van der Waals surface area contributed by atoms with Crippen LogP contribution in [0.25, 0.3) is 0 Å². The summed E-state index contributed by atoms with van der Waals surface area (Å²) in [4.78, 5) is 11.7. The predicted molar refractivity (Wildman–Crippen MR) is 68.7 cm³/mol. The first-order valence-electron chi connectivity index (χ1n) is 6.87. The van der Waals surface area contributed by atoms with Gasteiger partial charge >= 0.3 is 0 Å². The van der Waals surface area contributed by atoms with Gasteiger partial charge in [-0.25, -0.2) is 0 Å². The summed E-state index contributed by atoms with van der Waals surface area (Å²) in [6.45, 7) is 3.56. The van der Waals surface area contributed by atoms with Crippen molar-refractivity contribution in [3.63, 3.8) is 0 Å². The highest BCUT2D eigenvalue weighted by molar-refractivity contribution is 5.76. The lowest BCUT2D eigenvalue weighted by atomic mass is 10.0. The molecule has 0 aromatic heterocycles. The van der Waals surface area contributed by atoms with Crippen LogP contribution in [0.5, 0.6) is 0 Å². The summed E-state index contributed by atoms with van der Waals surface area (Å²) in [6.07, 6.45) is 7.03. The number of hydrogen-bond donors (Lipinski definition) is 2. The Morgan fingerprint density at radius 3 is 2.94 bits per heavy atom. The van der Waals surface area contributed by atoms with Crippen LogP contribution in [0.3, 0.4) is 0 Å². The number of nitrogens with one attached hydrogen (secondary N) is 1. The summed E-state index contributed by atoms with van der Waals surface area (Å²) in [5.41, 5.74) is 5.50. The van der Waals surface area contributed by atoms with E-state index in [1.807, 2.05) is 0 Å². The molecule has 1 heterocycles. The zero-order chi connectivity index (χ0) is 12.5. The molecule has 1 fully saturated rings. The Labute approximate surface area is 104 Å². The van der Waals surface area contributed by atoms with E-state index in [4.69, 9.17) is 10.5 Å². The van der Waals surface area contributed by atoms with Gasteiger partial charge < -0.3 is 15.8 Å². The Hall–Kier alpha value is -0.610. The molecule has 2 unspecified atom stereocenters. The molecule has 1 amide bonds. The standard InChI is InChI=1S/C13H26N2O2/c1-2-11(8-9-14)15-13(16)7-6-12-5-3-4-10-17-12/h11-12H,2-10,14H2,1H3,(H,15,16). The fourth-order valence-electron chi connectivity index (χ4n) is 2.21. The molecule has 1 aliphatic rings. The van der Waals surface area contributed by atoms with Crippen LogP contribution in [0.2, 0.25) is 0 Å². The van der Waals surface area contributed by atoms with Crippen molar-refractivity contribution in [3.05, 3.63) is 0 Å². The van der Waals surface area contributed by atoms with Gasteiger partial charge in [0.2, 0.25) is 5.91 Å². The predicted octanol–water partition coefficient (Wildman–Crippen LogP) is 1.58. The third-order valence-corrected chi connectivity index (χ3v) is 3.34. The molecule has 1 rings (SSSR count). The average Bonchev–Trinajstić information content (AvgIpc) is 2.37. The molecule has 0 aromatic carbocycles. The lowest BCUT2D eigenvalue weighted by Crippen LogP contribution is -2.36. The summed E-state index contributed by atoms with van der Waals surface area (Å²) >= 11 is 0. The Kier molecular flexibility index (Phi) is 7.21. The van der Waals surface area contributed by atoms with Gasteiger partial charge in [0, 0.05) is 19.1 Å². The third kappa shape index (κ3) is 6.03. The second-order valence-corrected chi connectivity index (χ2v) is 4.78. The van der Waals surface area contributed by atoms with Crippen LogP contribution in [0.15, 0.2) is 0 Å². The van der Waals surface area contributed by atoms with Crippen molar-refractivity contribution in [3.8, 4) is 0 Å². The topological polar surface area (TPSA) is 64.3 Å². The van der Waals surface area contributed by atoms with Crippen LogP contribution in [0.4, 0.5) is 0 Å². The van der Waals surface area contributed by atoms with Crippen molar-refractivity contribution < 1.29 is 9.53 Å². The fraction of sp³-hybridized carbons (Fsp3) is 0.923. The SMILES string of the molecule is CCC(CCN)NC(=O)CCC1CCCCO1. The quantitative estimate of drug-likeness (QED) is 0.712. The lowest BCUT2D eigenvalue weighted by molar-refractivity contribution is -0.122. The minimum absolute atomic E-state index is 0.138. The molecule has 1 aliphatic heterocycles. The number of carbonyl (C=O) groups is 1. The second-order valence-electron chi connectivity index (χ2n) is 4.78. The summed E-state index contributed by atoms with van der Waals surface area (Å²) < 4.78 is 5.61. The van der Waals surface area contributed by atoms with Crippen LogP contribution in [0, 0.1) is 0 Å². The molecule has 3 N–H and O–H groups in total. The van der Waals surface area contributed by atoms with Crippen LogP contribution < -0.4 is 11.1 Å². The zero-order valence-electron chi connectivity index (χ0n) is 10.9. The number of amides is 1. The first-order valence-corrected chi connectivity index (χ1v) is 6.87. The van der Waals surface area contributed by atoms with Gasteiger partial charge in [-0.15, -0.1) is 0 Å². The van der Waals surface area contributed by atoms with E-state index in [1.54, 1.807) is 0 Å². The molecule has 0 saturated carbocycles. The number of hydrogen-bond acceptors (Lipinski definition) is 3. The molecular weight excluding hydrogens is 216 g/mol. The van der Waals surface area contributed by atoms with E-state index in [-0.39, 0.29) is 11.9 Å². The van der Waals surface area contributed by atoms with Crippen molar-refractivity contribution in [1.82, 2.24) is 5.32 Å². The van der Waals surface area contributed by atoms with Gasteiger partial charge in [-0.1, -0.05) is 6.92 Å². The van der Waals surface area contributed by atoms with Gasteiger partial charge in [-0.2, -0.15) is 0 Å². The molecule has 0 aliphatic carbocycles. The van der Waals surface area contributed by atoms with Gasteiger partial charge in [0.05, 0.1) is 6.10 Å². The van der Waals surface area contributed by atoms with E-state index in [9.17, 15) is 4.79 Å². The highest BCUT2D eigenvalue weighted by atomic mass is 16.5. The fourth-order valence-corrected chi connectivity index (χ4v) is 2.21. The molecule has 0 bridgehead atoms. The van der Waals surface area contributed by atoms with Crippen molar-refractivity contribution in [2.75, 3.05) is 13.2 Å². The first-order chi connectivity index (χ1) is 8.26. The zero-order valence-corrected chi connectivity index (χ0v) is 10.9. The molecule has 1 saturated heterocycles. The van der Waals surface area contributed by atoms with Crippen molar-refractivity contribution in [2.45, 2.75) is 64.0 Å². The number of rotatable bonds is 7. The highest BCUT2D eigenvalue weighted by Crippen LogP contribution is 2.16. The van der Waals surface area contributed by atoms with Crippen LogP contribution in [0.1, 0.15) is 51.9 Å². The smallest absolute Gasteiger partial charge is 0.220 e. The Balaban J connectivity index is 2.14. The van der Waals surface area contributed by atoms with Gasteiger partial charge in [-0.05, 0) is 45.1 Å². The third-order valence-electron chi connectivity index (χ3n) is 3.34. The van der Waals surface area contributed by atoms with E-state index in [1.165, 1.54) is 6.42 Å². The van der Waals surface area contributed by atoms with Crippen molar-refractivity contribution in [1.29, 1.82) is 0 Å². The number of nitrogens with two attached hydrogens (primary N) is 1. The van der Waals surface area contributed by atoms with Gasteiger partial charge in [-0.3, -0.25) is 4.79 Å². The van der Waals surface area contributed by atoms with E-state index in [2.05, 4.69) is 12.2 Å². The summed E-state index contributed by atoms with van der Waals surface area (Å²) in [5.74, 6) is 0.138. The van der Waals surface area contributed by atoms with E-state index < -0.39 is 0 Å². The molecule has 17 heavy (non-hydrogen) atoms. The Morgan fingerprint density at radius 2 is 2.35 bits per heavy atom. The minimum atomic E-state index is 0.138. The number of ether oxygens (including phenoxy) is 1. The largest absolute Gasteiger partial charge is 0.378 e. The summed E-state index contributed by atoms with van der Waals surface area (Å²) in [7, 11) is 0. The number of carbonyl (C=O) groups excluding carboxylic acids is 1. The van der Waals surface area contributed by atoms with E-state index in [0.29, 0.717) is 19.1 Å². The molecular formula is C13H26N2O2. The van der Waals surface area contributed by atoms with Crippen LogP contribution in [-0.4, -0.2) is 31.2 Å². The summed E-state index contributed by atoms with van der Waals surface area (Å²) in [5, 5.41) is 3.03. The normalized spacial score (nSPS) is 22.1. The maximum absolute atomic E-state index is 11.7. The van der Waals surface area contributed by atoms with Gasteiger partial charge in [0.15, 0.2) is 0 Å². The van der Waals surface area contributed by atoms with Crippen molar-refractivity contribution >= 4 is 5.91 Å². The van der Waals surface area contributed by atoms with Crippen LogP contribution in [-0.2, 0) is 9.53 Å². The molecule has 0 spiro atoms. The maximum Gasteiger partial charge on any atom is 0.220 e. The average molecular weight is 242 g/mol. The lowest BCUT2D eigenvalue weighted by Gasteiger charge is -2.23. The molecule has 4 nitrogen and oxygen atoms in total. The van der Waals surface area contributed by atoms with Gasteiger partial charge in [0.1, 0.15) is 0 Å². The monoisotopic (exact) mass is 242 g/mol. The Bertz CT molecular complexity index is 215. The van der Waals surface area contributed by atoms with Crippen LogP contribution >= 0.6 is 0 Å². The molecule has 100 valence electrons. The molecule has 0 radical (unpaired) electrons. The molecule has 4 heteroatoms. The van der Waals surface area contributed by atoms with Gasteiger partial charge in [0.25, 0.3) is 0 Å². The summed E-state index contributed by atoms with van der Waals surface area (Å²) in [6, 6.07) is 0.236. The molecule has 2 atom stereocenters. The van der Waals surface area contributed by atoms with E-state index >= 15 is 0 Å². The first kappa shape index (κ1) is 14.5. The van der Waals surface area contributed by atoms with E-state index in [0.717, 1.165) is 38.7 Å². The minimum Gasteiger partial charge on any atom is -0.378 e. The highest BCUT2D eigenvalue weighted by Gasteiger charge is 2.16. The maximum atomic E-state index is 11.7. The molecule has 0 aromatic rings. The van der Waals surface area contributed by atoms with Crippen molar-refractivity contribution in [2.24, 2.45) is 5.73 Å². The second kappa shape index (κ2) is 8.48. The Morgan fingerprint density at radius 1 is 1.53 bits per heavy atom.